The number of carbonyl (C=O) groups is 2. The Bertz CT molecular complexity index is 628. The summed E-state index contributed by atoms with van der Waals surface area (Å²) in [6, 6.07) is 8.42. The average Bonchev–Trinajstić information content (AvgIpc) is 2.61. The van der Waals surface area contributed by atoms with Crippen molar-refractivity contribution >= 4 is 24.2 Å². The molecule has 2 amide bonds. The van der Waals surface area contributed by atoms with Crippen molar-refractivity contribution in [3.63, 3.8) is 0 Å². The highest BCUT2D eigenvalue weighted by Gasteiger charge is 2.39. The molecule has 1 aromatic rings. The Balaban J connectivity index is 0.00000169. The van der Waals surface area contributed by atoms with Gasteiger partial charge in [0.2, 0.25) is 11.8 Å². The first kappa shape index (κ1) is 17.3. The van der Waals surface area contributed by atoms with Gasteiger partial charge in [-0.3, -0.25) is 9.59 Å². The number of rotatable bonds is 1. The standard InChI is InChI=1S/C19H24N2O2.ClH/c22-18-13-20(19(23)15-7-2-1-3-8-15)12-17-16-9-5-4-6-14(16)10-11-21(17)18;/h4-6,9,15,17H,1-3,7-8,10-13H2;1H. The summed E-state index contributed by atoms with van der Waals surface area (Å²) in [5.74, 6) is 0.461. The molecule has 0 spiro atoms. The van der Waals surface area contributed by atoms with Crippen molar-refractivity contribution in [1.29, 1.82) is 0 Å². The number of hydrogen-bond acceptors (Lipinski definition) is 2. The van der Waals surface area contributed by atoms with E-state index in [0.717, 1.165) is 38.6 Å². The third kappa shape index (κ3) is 3.04. The summed E-state index contributed by atoms with van der Waals surface area (Å²) in [4.78, 5) is 29.2. The van der Waals surface area contributed by atoms with Gasteiger partial charge in [-0.05, 0) is 30.4 Å². The fourth-order valence-corrected chi connectivity index (χ4v) is 4.45. The predicted octanol–water partition coefficient (Wildman–Crippen LogP) is 2.96. The van der Waals surface area contributed by atoms with Crippen LogP contribution in [-0.4, -0.2) is 41.2 Å². The first-order valence-corrected chi connectivity index (χ1v) is 8.90. The van der Waals surface area contributed by atoms with Crippen LogP contribution in [0.4, 0.5) is 0 Å². The first-order valence-electron chi connectivity index (χ1n) is 8.90. The second-order valence-corrected chi connectivity index (χ2v) is 7.11. The van der Waals surface area contributed by atoms with Crippen molar-refractivity contribution in [2.75, 3.05) is 19.6 Å². The first-order chi connectivity index (χ1) is 11.2. The number of amides is 2. The lowest BCUT2D eigenvalue weighted by Gasteiger charge is -2.45. The van der Waals surface area contributed by atoms with Crippen molar-refractivity contribution in [3.8, 4) is 0 Å². The molecule has 2 heterocycles. The number of piperazine rings is 1. The molecule has 130 valence electrons. The average molecular weight is 349 g/mol. The third-order valence-corrected chi connectivity index (χ3v) is 5.72. The van der Waals surface area contributed by atoms with Crippen molar-refractivity contribution in [2.24, 2.45) is 5.92 Å². The van der Waals surface area contributed by atoms with Crippen LogP contribution in [0.3, 0.4) is 0 Å². The van der Waals surface area contributed by atoms with E-state index in [4.69, 9.17) is 0 Å². The van der Waals surface area contributed by atoms with Gasteiger partial charge in [0.25, 0.3) is 0 Å². The van der Waals surface area contributed by atoms with Crippen molar-refractivity contribution in [2.45, 2.75) is 44.6 Å². The van der Waals surface area contributed by atoms with Gasteiger partial charge >= 0.3 is 0 Å². The maximum Gasteiger partial charge on any atom is 0.242 e. The molecule has 1 saturated heterocycles. The van der Waals surface area contributed by atoms with Gasteiger partial charge in [-0.25, -0.2) is 0 Å². The summed E-state index contributed by atoms with van der Waals surface area (Å²) in [6.45, 7) is 1.72. The Hall–Kier alpha value is -1.55. The molecule has 1 aliphatic carbocycles. The number of benzene rings is 1. The lowest BCUT2D eigenvalue weighted by molar-refractivity contribution is -0.152. The van der Waals surface area contributed by atoms with Crippen LogP contribution in [0.5, 0.6) is 0 Å². The molecule has 24 heavy (non-hydrogen) atoms. The van der Waals surface area contributed by atoms with Gasteiger partial charge in [0, 0.05) is 19.0 Å². The van der Waals surface area contributed by atoms with E-state index in [1.807, 2.05) is 15.9 Å². The topological polar surface area (TPSA) is 40.6 Å². The highest BCUT2D eigenvalue weighted by molar-refractivity contribution is 5.87. The fraction of sp³-hybridized carbons (Fsp3) is 0.579. The van der Waals surface area contributed by atoms with E-state index in [-0.39, 0.29) is 42.7 Å². The van der Waals surface area contributed by atoms with Crippen LogP contribution in [0.2, 0.25) is 0 Å². The van der Waals surface area contributed by atoms with E-state index in [0.29, 0.717) is 6.54 Å². The van der Waals surface area contributed by atoms with Gasteiger partial charge in [-0.1, -0.05) is 43.5 Å². The molecule has 0 aromatic heterocycles. The molecular formula is C19H25ClN2O2. The van der Waals surface area contributed by atoms with Crippen molar-refractivity contribution in [1.82, 2.24) is 9.80 Å². The molecule has 4 nitrogen and oxygen atoms in total. The van der Waals surface area contributed by atoms with Crippen LogP contribution < -0.4 is 0 Å². The lowest BCUT2D eigenvalue weighted by Crippen LogP contribution is -2.56. The second-order valence-electron chi connectivity index (χ2n) is 7.11. The van der Waals surface area contributed by atoms with Crippen LogP contribution in [-0.2, 0) is 16.0 Å². The Morgan fingerprint density at radius 2 is 1.83 bits per heavy atom. The van der Waals surface area contributed by atoms with Gasteiger partial charge in [0.1, 0.15) is 0 Å². The Kier molecular flexibility index (Phi) is 5.14. The normalized spacial score (nSPS) is 24.0. The molecule has 1 saturated carbocycles. The highest BCUT2D eigenvalue weighted by atomic mass is 35.5. The number of carbonyl (C=O) groups excluding carboxylic acids is 2. The minimum absolute atomic E-state index is 0. The maximum absolute atomic E-state index is 12.8. The summed E-state index contributed by atoms with van der Waals surface area (Å²) in [6.07, 6.45) is 6.46. The molecule has 1 aromatic carbocycles. The predicted molar refractivity (Wildman–Crippen MR) is 95.0 cm³/mol. The molecule has 2 fully saturated rings. The van der Waals surface area contributed by atoms with Gasteiger partial charge in [-0.15, -0.1) is 12.4 Å². The van der Waals surface area contributed by atoms with Gasteiger partial charge in [-0.2, -0.15) is 0 Å². The summed E-state index contributed by atoms with van der Waals surface area (Å²) < 4.78 is 0. The molecular weight excluding hydrogens is 324 g/mol. The van der Waals surface area contributed by atoms with Crippen LogP contribution in [0.1, 0.15) is 49.3 Å². The number of halogens is 1. The largest absolute Gasteiger partial charge is 0.332 e. The number of nitrogens with zero attached hydrogens (tertiary/aromatic N) is 2. The van der Waals surface area contributed by atoms with Crippen molar-refractivity contribution in [3.05, 3.63) is 35.4 Å². The molecule has 0 N–H and O–H groups in total. The van der Waals surface area contributed by atoms with Crippen molar-refractivity contribution < 1.29 is 9.59 Å². The van der Waals surface area contributed by atoms with E-state index >= 15 is 0 Å². The monoisotopic (exact) mass is 348 g/mol. The molecule has 5 heteroatoms. The zero-order valence-corrected chi connectivity index (χ0v) is 14.8. The van der Waals surface area contributed by atoms with Crippen LogP contribution in [0.15, 0.2) is 24.3 Å². The minimum atomic E-state index is 0. The third-order valence-electron chi connectivity index (χ3n) is 5.72. The maximum atomic E-state index is 12.8. The molecule has 3 aliphatic rings. The fourth-order valence-electron chi connectivity index (χ4n) is 4.45. The van der Waals surface area contributed by atoms with E-state index in [9.17, 15) is 9.59 Å². The number of hydrogen-bond donors (Lipinski definition) is 0. The Morgan fingerprint density at radius 1 is 1.08 bits per heavy atom. The van der Waals surface area contributed by atoms with E-state index in [2.05, 4.69) is 18.2 Å². The summed E-state index contributed by atoms with van der Waals surface area (Å²) in [7, 11) is 0. The highest BCUT2D eigenvalue weighted by Crippen LogP contribution is 2.34. The van der Waals surface area contributed by atoms with Crippen LogP contribution in [0.25, 0.3) is 0 Å². The van der Waals surface area contributed by atoms with Gasteiger partial charge < -0.3 is 9.80 Å². The zero-order valence-electron chi connectivity index (χ0n) is 13.9. The Labute approximate surface area is 149 Å². The second kappa shape index (κ2) is 7.14. The molecule has 1 atom stereocenters. The molecule has 2 aliphatic heterocycles. The molecule has 4 rings (SSSR count). The summed E-state index contributed by atoms with van der Waals surface area (Å²) >= 11 is 0. The summed E-state index contributed by atoms with van der Waals surface area (Å²) in [5, 5.41) is 0. The smallest absolute Gasteiger partial charge is 0.242 e. The molecule has 1 unspecified atom stereocenters. The molecule has 0 radical (unpaired) electrons. The van der Waals surface area contributed by atoms with Gasteiger partial charge in [0.05, 0.1) is 12.6 Å². The molecule has 0 bridgehead atoms. The summed E-state index contributed by atoms with van der Waals surface area (Å²) in [5.41, 5.74) is 2.56. The zero-order chi connectivity index (χ0) is 15.8. The Morgan fingerprint density at radius 3 is 2.62 bits per heavy atom. The van der Waals surface area contributed by atoms with E-state index < -0.39 is 0 Å². The SMILES string of the molecule is Cl.O=C(C1CCCCC1)N1CC(=O)N2CCc3ccccc3C2C1. The lowest BCUT2D eigenvalue weighted by atomic mass is 9.87. The van der Waals surface area contributed by atoms with Crippen LogP contribution in [0, 0.1) is 5.92 Å². The van der Waals surface area contributed by atoms with Crippen LogP contribution >= 0.6 is 12.4 Å². The number of fused-ring (bicyclic) bond motifs is 3. The van der Waals surface area contributed by atoms with E-state index in [1.165, 1.54) is 17.5 Å². The van der Waals surface area contributed by atoms with Gasteiger partial charge in [0.15, 0.2) is 0 Å². The quantitative estimate of drug-likeness (QED) is 0.783. The van der Waals surface area contributed by atoms with E-state index in [1.54, 1.807) is 0 Å². The minimum Gasteiger partial charge on any atom is -0.332 e.